The summed E-state index contributed by atoms with van der Waals surface area (Å²) in [7, 11) is 0. The molecule has 1 fully saturated rings. The molecule has 1 aliphatic heterocycles. The van der Waals surface area contributed by atoms with Crippen LogP contribution < -0.4 is 0 Å². The van der Waals surface area contributed by atoms with Crippen molar-refractivity contribution in [1.82, 2.24) is 4.90 Å². The quantitative estimate of drug-likeness (QED) is 0.876. The lowest BCUT2D eigenvalue weighted by Gasteiger charge is -2.48. The SMILES string of the molecule is CC(C)(C)C1C(C(O)c2ccccc2)CCCN1C(=O)O. The Balaban J connectivity index is 2.33. The second kappa shape index (κ2) is 6.06. The fourth-order valence-electron chi connectivity index (χ4n) is 3.58. The maximum atomic E-state index is 11.6. The maximum Gasteiger partial charge on any atom is 0.407 e. The number of hydrogen-bond acceptors (Lipinski definition) is 2. The average molecular weight is 291 g/mol. The number of hydrogen-bond donors (Lipinski definition) is 2. The summed E-state index contributed by atoms with van der Waals surface area (Å²) >= 11 is 0. The van der Waals surface area contributed by atoms with Gasteiger partial charge in [0.1, 0.15) is 0 Å². The van der Waals surface area contributed by atoms with Gasteiger partial charge in [-0.1, -0.05) is 51.1 Å². The van der Waals surface area contributed by atoms with Gasteiger partial charge in [-0.25, -0.2) is 4.79 Å². The molecule has 4 heteroatoms. The third kappa shape index (κ3) is 3.38. The number of rotatable bonds is 2. The van der Waals surface area contributed by atoms with Gasteiger partial charge in [0.05, 0.1) is 6.10 Å². The highest BCUT2D eigenvalue weighted by Crippen LogP contribution is 2.42. The smallest absolute Gasteiger partial charge is 0.407 e. The van der Waals surface area contributed by atoms with Crippen molar-refractivity contribution in [3.8, 4) is 0 Å². The van der Waals surface area contributed by atoms with Crippen LogP contribution in [0.15, 0.2) is 30.3 Å². The fourth-order valence-corrected chi connectivity index (χ4v) is 3.58. The van der Waals surface area contributed by atoms with Crippen LogP contribution in [-0.4, -0.2) is 33.8 Å². The molecule has 116 valence electrons. The lowest BCUT2D eigenvalue weighted by atomic mass is 9.71. The van der Waals surface area contributed by atoms with E-state index in [0.717, 1.165) is 18.4 Å². The standard InChI is InChI=1S/C17H25NO3/c1-17(2,3)15-13(10-7-11-18(15)16(20)21)14(19)12-8-5-4-6-9-12/h4-6,8-9,13-15,19H,7,10-11H2,1-3H3,(H,20,21). The van der Waals surface area contributed by atoms with Crippen LogP contribution in [0.5, 0.6) is 0 Å². The molecular formula is C17H25NO3. The Morgan fingerprint density at radius 2 is 1.90 bits per heavy atom. The van der Waals surface area contributed by atoms with Crippen molar-refractivity contribution in [1.29, 1.82) is 0 Å². The lowest BCUT2D eigenvalue weighted by molar-refractivity contribution is -0.0328. The van der Waals surface area contributed by atoms with E-state index in [1.807, 2.05) is 51.1 Å². The van der Waals surface area contributed by atoms with E-state index in [2.05, 4.69) is 0 Å². The van der Waals surface area contributed by atoms with E-state index in [-0.39, 0.29) is 17.4 Å². The molecule has 3 unspecified atom stereocenters. The number of carbonyl (C=O) groups is 1. The second-order valence-electron chi connectivity index (χ2n) is 6.95. The molecule has 1 heterocycles. The molecule has 2 rings (SSSR count). The van der Waals surface area contributed by atoms with E-state index in [4.69, 9.17) is 0 Å². The summed E-state index contributed by atoms with van der Waals surface area (Å²) in [4.78, 5) is 13.1. The molecule has 0 radical (unpaired) electrons. The Labute approximate surface area is 126 Å². The van der Waals surface area contributed by atoms with Crippen LogP contribution in [0.3, 0.4) is 0 Å². The average Bonchev–Trinajstić information content (AvgIpc) is 2.45. The summed E-state index contributed by atoms with van der Waals surface area (Å²) in [5, 5.41) is 20.2. The number of aliphatic hydroxyl groups is 1. The fraction of sp³-hybridized carbons (Fsp3) is 0.588. The molecule has 1 amide bonds. The molecule has 0 saturated carbocycles. The van der Waals surface area contributed by atoms with Crippen molar-refractivity contribution in [3.63, 3.8) is 0 Å². The number of likely N-dealkylation sites (tertiary alicyclic amines) is 1. The molecular weight excluding hydrogens is 266 g/mol. The number of amides is 1. The minimum absolute atomic E-state index is 0.0720. The van der Waals surface area contributed by atoms with E-state index in [9.17, 15) is 15.0 Å². The van der Waals surface area contributed by atoms with Gasteiger partial charge < -0.3 is 15.1 Å². The number of piperidine rings is 1. The maximum absolute atomic E-state index is 11.6. The molecule has 3 atom stereocenters. The summed E-state index contributed by atoms with van der Waals surface area (Å²) in [6.45, 7) is 6.69. The zero-order valence-corrected chi connectivity index (χ0v) is 13.0. The second-order valence-corrected chi connectivity index (χ2v) is 6.95. The van der Waals surface area contributed by atoms with Crippen molar-refractivity contribution < 1.29 is 15.0 Å². The largest absolute Gasteiger partial charge is 0.465 e. The highest BCUT2D eigenvalue weighted by atomic mass is 16.4. The third-order valence-electron chi connectivity index (χ3n) is 4.36. The van der Waals surface area contributed by atoms with Gasteiger partial charge in [0.15, 0.2) is 0 Å². The number of aliphatic hydroxyl groups excluding tert-OH is 1. The highest BCUT2D eigenvalue weighted by Gasteiger charge is 2.44. The van der Waals surface area contributed by atoms with Crippen LogP contribution in [-0.2, 0) is 0 Å². The van der Waals surface area contributed by atoms with E-state index >= 15 is 0 Å². The summed E-state index contributed by atoms with van der Waals surface area (Å²) < 4.78 is 0. The van der Waals surface area contributed by atoms with Gasteiger partial charge in [0.25, 0.3) is 0 Å². The Kier molecular flexibility index (Phi) is 4.57. The van der Waals surface area contributed by atoms with Gasteiger partial charge in [-0.05, 0) is 23.8 Å². The van der Waals surface area contributed by atoms with Gasteiger partial charge in [-0.3, -0.25) is 0 Å². The molecule has 0 spiro atoms. The number of nitrogens with zero attached hydrogens (tertiary/aromatic N) is 1. The highest BCUT2D eigenvalue weighted by molar-refractivity contribution is 5.65. The lowest BCUT2D eigenvalue weighted by Crippen LogP contribution is -2.55. The summed E-state index contributed by atoms with van der Waals surface area (Å²) in [5.41, 5.74) is 0.656. The zero-order chi connectivity index (χ0) is 15.6. The molecule has 0 aliphatic carbocycles. The van der Waals surface area contributed by atoms with Crippen LogP contribution in [0.1, 0.15) is 45.3 Å². The van der Waals surface area contributed by atoms with Gasteiger partial charge in [0, 0.05) is 18.5 Å². The van der Waals surface area contributed by atoms with E-state index in [0.29, 0.717) is 6.54 Å². The van der Waals surface area contributed by atoms with Gasteiger partial charge in [-0.15, -0.1) is 0 Å². The zero-order valence-electron chi connectivity index (χ0n) is 13.0. The Morgan fingerprint density at radius 1 is 1.29 bits per heavy atom. The first-order valence-corrected chi connectivity index (χ1v) is 7.55. The topological polar surface area (TPSA) is 60.8 Å². The van der Waals surface area contributed by atoms with Crippen molar-refractivity contribution in [2.24, 2.45) is 11.3 Å². The van der Waals surface area contributed by atoms with Crippen LogP contribution >= 0.6 is 0 Å². The molecule has 2 N–H and O–H groups in total. The van der Waals surface area contributed by atoms with Crippen molar-refractivity contribution in [3.05, 3.63) is 35.9 Å². The third-order valence-corrected chi connectivity index (χ3v) is 4.36. The summed E-state index contributed by atoms with van der Waals surface area (Å²) in [5.74, 6) is -0.0720. The van der Waals surface area contributed by atoms with Crippen LogP contribution in [0, 0.1) is 11.3 Å². The predicted molar refractivity (Wildman–Crippen MR) is 82.1 cm³/mol. The summed E-state index contributed by atoms with van der Waals surface area (Å²) in [6.07, 6.45) is 0.132. The Morgan fingerprint density at radius 3 is 2.43 bits per heavy atom. The number of benzene rings is 1. The number of carboxylic acid groups (broad SMARTS) is 1. The molecule has 1 saturated heterocycles. The monoisotopic (exact) mass is 291 g/mol. The van der Waals surface area contributed by atoms with Gasteiger partial charge >= 0.3 is 6.09 Å². The van der Waals surface area contributed by atoms with Crippen molar-refractivity contribution in [2.45, 2.75) is 45.8 Å². The first-order chi connectivity index (χ1) is 9.82. The minimum atomic E-state index is -0.889. The molecule has 21 heavy (non-hydrogen) atoms. The molecule has 1 aromatic carbocycles. The van der Waals surface area contributed by atoms with Crippen molar-refractivity contribution in [2.75, 3.05) is 6.54 Å². The molecule has 0 bridgehead atoms. The van der Waals surface area contributed by atoms with Gasteiger partial charge in [-0.2, -0.15) is 0 Å². The first kappa shape index (κ1) is 15.8. The molecule has 1 aliphatic rings. The van der Waals surface area contributed by atoms with E-state index in [1.165, 1.54) is 4.90 Å². The van der Waals surface area contributed by atoms with Crippen molar-refractivity contribution >= 4 is 6.09 Å². The van der Waals surface area contributed by atoms with Gasteiger partial charge in [0.2, 0.25) is 0 Å². The minimum Gasteiger partial charge on any atom is -0.465 e. The normalized spacial score (nSPS) is 24.7. The molecule has 0 aromatic heterocycles. The molecule has 1 aromatic rings. The Hall–Kier alpha value is -1.55. The predicted octanol–water partition coefficient (Wildman–Crippen LogP) is 3.52. The van der Waals surface area contributed by atoms with Crippen LogP contribution in [0.4, 0.5) is 4.79 Å². The van der Waals surface area contributed by atoms with E-state index in [1.54, 1.807) is 0 Å². The van der Waals surface area contributed by atoms with Crippen LogP contribution in [0.2, 0.25) is 0 Å². The summed E-state index contributed by atoms with van der Waals surface area (Å²) in [6, 6.07) is 9.36. The Bertz CT molecular complexity index is 481. The first-order valence-electron chi connectivity index (χ1n) is 7.55. The molecule has 4 nitrogen and oxygen atoms in total. The van der Waals surface area contributed by atoms with Crippen LogP contribution in [0.25, 0.3) is 0 Å². The van der Waals surface area contributed by atoms with E-state index < -0.39 is 12.2 Å².